The van der Waals surface area contributed by atoms with Crippen LogP contribution < -0.4 is 5.32 Å². The number of amides is 2. The summed E-state index contributed by atoms with van der Waals surface area (Å²) in [6, 6.07) is 7.46. The van der Waals surface area contributed by atoms with Crippen molar-refractivity contribution < 1.29 is 14.3 Å². The van der Waals surface area contributed by atoms with E-state index in [1.165, 1.54) is 0 Å². The van der Waals surface area contributed by atoms with E-state index in [-0.39, 0.29) is 17.2 Å². The van der Waals surface area contributed by atoms with E-state index in [1.807, 2.05) is 23.1 Å². The molecule has 2 aliphatic heterocycles. The van der Waals surface area contributed by atoms with Gasteiger partial charge in [0.1, 0.15) is 0 Å². The number of hydrogen-bond acceptors (Lipinski definition) is 3. The molecule has 22 heavy (non-hydrogen) atoms. The van der Waals surface area contributed by atoms with Gasteiger partial charge in [-0.1, -0.05) is 12.1 Å². The molecule has 0 aliphatic carbocycles. The van der Waals surface area contributed by atoms with E-state index in [4.69, 9.17) is 4.74 Å². The first kappa shape index (κ1) is 15.0. The summed E-state index contributed by atoms with van der Waals surface area (Å²) in [5.74, 6) is 0.0990. The van der Waals surface area contributed by atoms with Gasteiger partial charge in [-0.2, -0.15) is 0 Å². The SMILES string of the molecule is CNC(=O)c1cccc(CCC(=O)N2CC3(CCOC3)C2)c1. The molecule has 2 aliphatic rings. The zero-order valence-corrected chi connectivity index (χ0v) is 12.9. The topological polar surface area (TPSA) is 58.6 Å². The predicted molar refractivity (Wildman–Crippen MR) is 82.6 cm³/mol. The number of hydrogen-bond donors (Lipinski definition) is 1. The summed E-state index contributed by atoms with van der Waals surface area (Å²) in [4.78, 5) is 25.8. The van der Waals surface area contributed by atoms with Gasteiger partial charge in [-0.3, -0.25) is 9.59 Å². The number of aryl methyl sites for hydroxylation is 1. The van der Waals surface area contributed by atoms with E-state index >= 15 is 0 Å². The van der Waals surface area contributed by atoms with Gasteiger partial charge in [-0.15, -0.1) is 0 Å². The zero-order valence-electron chi connectivity index (χ0n) is 12.9. The lowest BCUT2D eigenvalue weighted by atomic mass is 9.79. The molecule has 1 N–H and O–H groups in total. The van der Waals surface area contributed by atoms with Crippen molar-refractivity contribution in [1.82, 2.24) is 10.2 Å². The highest BCUT2D eigenvalue weighted by molar-refractivity contribution is 5.94. The minimum absolute atomic E-state index is 0.0981. The summed E-state index contributed by atoms with van der Waals surface area (Å²) >= 11 is 0. The Bertz CT molecular complexity index is 571. The fourth-order valence-electron chi connectivity index (χ4n) is 3.26. The van der Waals surface area contributed by atoms with E-state index in [0.717, 1.165) is 38.3 Å². The van der Waals surface area contributed by atoms with Crippen LogP contribution in [0.15, 0.2) is 24.3 Å². The number of likely N-dealkylation sites (tertiary alicyclic amines) is 1. The smallest absolute Gasteiger partial charge is 0.251 e. The zero-order chi connectivity index (χ0) is 15.6. The van der Waals surface area contributed by atoms with Crippen LogP contribution in [0.25, 0.3) is 0 Å². The molecule has 0 radical (unpaired) electrons. The van der Waals surface area contributed by atoms with Gasteiger partial charge in [0.2, 0.25) is 5.91 Å². The van der Waals surface area contributed by atoms with Crippen molar-refractivity contribution in [3.8, 4) is 0 Å². The number of ether oxygens (including phenoxy) is 1. The molecule has 0 atom stereocenters. The van der Waals surface area contributed by atoms with E-state index in [1.54, 1.807) is 13.1 Å². The lowest BCUT2D eigenvalue weighted by molar-refractivity contribution is -0.143. The molecule has 2 saturated heterocycles. The van der Waals surface area contributed by atoms with Gasteiger partial charge >= 0.3 is 0 Å². The maximum absolute atomic E-state index is 12.2. The van der Waals surface area contributed by atoms with E-state index in [0.29, 0.717) is 18.4 Å². The maximum atomic E-state index is 12.2. The van der Waals surface area contributed by atoms with Crippen molar-refractivity contribution in [1.29, 1.82) is 0 Å². The van der Waals surface area contributed by atoms with Gasteiger partial charge in [0.05, 0.1) is 6.61 Å². The van der Waals surface area contributed by atoms with Crippen LogP contribution in [0.5, 0.6) is 0 Å². The average molecular weight is 302 g/mol. The fraction of sp³-hybridized carbons (Fsp3) is 0.529. The summed E-state index contributed by atoms with van der Waals surface area (Å²) in [7, 11) is 1.62. The van der Waals surface area contributed by atoms with E-state index < -0.39 is 0 Å². The van der Waals surface area contributed by atoms with Gasteiger partial charge in [-0.05, 0) is 30.5 Å². The van der Waals surface area contributed by atoms with E-state index in [9.17, 15) is 9.59 Å². The largest absolute Gasteiger partial charge is 0.381 e. The number of carbonyl (C=O) groups is 2. The van der Waals surface area contributed by atoms with E-state index in [2.05, 4.69) is 5.32 Å². The fourth-order valence-corrected chi connectivity index (χ4v) is 3.26. The van der Waals surface area contributed by atoms with Crippen LogP contribution >= 0.6 is 0 Å². The molecule has 2 heterocycles. The number of rotatable bonds is 4. The van der Waals surface area contributed by atoms with Crippen molar-refractivity contribution in [2.75, 3.05) is 33.4 Å². The van der Waals surface area contributed by atoms with Gasteiger partial charge in [0.15, 0.2) is 0 Å². The summed E-state index contributed by atoms with van der Waals surface area (Å²) in [6.07, 6.45) is 2.24. The molecule has 1 aromatic rings. The molecule has 1 aromatic carbocycles. The maximum Gasteiger partial charge on any atom is 0.251 e. The lowest BCUT2D eigenvalue weighted by Gasteiger charge is -2.47. The van der Waals surface area contributed by atoms with Crippen LogP contribution in [0.2, 0.25) is 0 Å². The third kappa shape index (κ3) is 2.99. The molecule has 5 heteroatoms. The van der Waals surface area contributed by atoms with Crippen molar-refractivity contribution in [2.24, 2.45) is 5.41 Å². The monoisotopic (exact) mass is 302 g/mol. The van der Waals surface area contributed by atoms with Gasteiger partial charge in [0.25, 0.3) is 5.91 Å². The molecule has 0 aromatic heterocycles. The summed E-state index contributed by atoms with van der Waals surface area (Å²) in [6.45, 7) is 3.30. The first-order valence-electron chi connectivity index (χ1n) is 7.78. The highest BCUT2D eigenvalue weighted by Crippen LogP contribution is 2.38. The normalized spacial score (nSPS) is 19.0. The molecule has 118 valence electrons. The van der Waals surface area contributed by atoms with Gasteiger partial charge in [-0.25, -0.2) is 0 Å². The number of carbonyl (C=O) groups excluding carboxylic acids is 2. The van der Waals surface area contributed by atoms with Crippen LogP contribution in [-0.2, 0) is 16.0 Å². The highest BCUT2D eigenvalue weighted by atomic mass is 16.5. The van der Waals surface area contributed by atoms with Crippen molar-refractivity contribution >= 4 is 11.8 Å². The van der Waals surface area contributed by atoms with Crippen LogP contribution in [0, 0.1) is 5.41 Å². The Hall–Kier alpha value is -1.88. The molecular formula is C17H22N2O3. The van der Waals surface area contributed by atoms with Crippen molar-refractivity contribution in [3.05, 3.63) is 35.4 Å². The van der Waals surface area contributed by atoms with Crippen LogP contribution in [0.4, 0.5) is 0 Å². The molecule has 0 unspecified atom stereocenters. The first-order valence-corrected chi connectivity index (χ1v) is 7.78. The van der Waals surface area contributed by atoms with Gasteiger partial charge in [0, 0.05) is 44.1 Å². The molecule has 2 fully saturated rings. The van der Waals surface area contributed by atoms with Crippen molar-refractivity contribution in [3.63, 3.8) is 0 Å². The highest BCUT2D eigenvalue weighted by Gasteiger charge is 2.47. The molecule has 5 nitrogen and oxygen atoms in total. The number of nitrogens with one attached hydrogen (secondary N) is 1. The third-order valence-corrected chi connectivity index (χ3v) is 4.63. The molecular weight excluding hydrogens is 280 g/mol. The number of nitrogens with zero attached hydrogens (tertiary/aromatic N) is 1. The molecule has 0 saturated carbocycles. The third-order valence-electron chi connectivity index (χ3n) is 4.63. The van der Waals surface area contributed by atoms with Gasteiger partial charge < -0.3 is 15.0 Å². The molecule has 2 amide bonds. The Morgan fingerprint density at radius 3 is 2.86 bits per heavy atom. The van der Waals surface area contributed by atoms with Crippen LogP contribution in [0.1, 0.15) is 28.8 Å². The Balaban J connectivity index is 1.50. The predicted octanol–water partition coefficient (Wildman–Crippen LogP) is 1.23. The standard InChI is InChI=1S/C17H22N2O3/c1-18-16(21)14-4-2-3-13(9-14)5-6-15(20)19-10-17(11-19)7-8-22-12-17/h2-4,9H,5-8,10-12H2,1H3,(H,18,21). The Kier molecular flexibility index (Phi) is 4.16. The second-order valence-electron chi connectivity index (χ2n) is 6.33. The lowest BCUT2D eigenvalue weighted by Crippen LogP contribution is -2.58. The Morgan fingerprint density at radius 2 is 2.18 bits per heavy atom. The average Bonchev–Trinajstić information content (AvgIpc) is 3.00. The molecule has 3 rings (SSSR count). The quantitative estimate of drug-likeness (QED) is 0.910. The van der Waals surface area contributed by atoms with Crippen LogP contribution in [-0.4, -0.2) is 50.1 Å². The summed E-state index contributed by atoms with van der Waals surface area (Å²) in [5, 5.41) is 2.61. The Morgan fingerprint density at radius 1 is 1.36 bits per heavy atom. The first-order chi connectivity index (χ1) is 10.6. The second kappa shape index (κ2) is 6.08. The number of benzene rings is 1. The Labute approximate surface area is 130 Å². The summed E-state index contributed by atoms with van der Waals surface area (Å²) < 4.78 is 5.43. The second-order valence-corrected chi connectivity index (χ2v) is 6.33. The minimum atomic E-state index is -0.0981. The minimum Gasteiger partial charge on any atom is -0.381 e. The molecule has 1 spiro atoms. The molecule has 0 bridgehead atoms. The van der Waals surface area contributed by atoms with Crippen molar-refractivity contribution in [2.45, 2.75) is 19.3 Å². The summed E-state index contributed by atoms with van der Waals surface area (Å²) in [5.41, 5.74) is 1.90. The van der Waals surface area contributed by atoms with Crippen LogP contribution in [0.3, 0.4) is 0 Å².